The minimum absolute atomic E-state index is 0.104. The van der Waals surface area contributed by atoms with Gasteiger partial charge in [-0.05, 0) is 36.4 Å². The van der Waals surface area contributed by atoms with Gasteiger partial charge in [-0.2, -0.15) is 0 Å². The van der Waals surface area contributed by atoms with E-state index in [1.165, 1.54) is 11.6 Å². The second-order valence-corrected chi connectivity index (χ2v) is 5.74. The predicted molar refractivity (Wildman–Crippen MR) is 86.2 cm³/mol. The SMILES string of the molecule is COc1ccc(F)c([C@@H]2[NH2+]Cc3ccccc3-n3cccc32)c1. The van der Waals surface area contributed by atoms with E-state index in [1.54, 1.807) is 19.2 Å². The molecule has 3 nitrogen and oxygen atoms in total. The molecule has 116 valence electrons. The van der Waals surface area contributed by atoms with E-state index >= 15 is 0 Å². The highest BCUT2D eigenvalue weighted by molar-refractivity contribution is 5.45. The number of ether oxygens (including phenoxy) is 1. The number of methoxy groups -OCH3 is 1. The number of para-hydroxylation sites is 1. The second kappa shape index (κ2) is 5.56. The third-order valence-corrected chi connectivity index (χ3v) is 4.46. The standard InChI is InChI=1S/C19H17FN2O/c1-23-14-8-9-16(20)15(11-14)19-18-7-4-10-22(18)17-6-3-2-5-13(17)12-21-19/h2-11,19,21H,12H2,1H3/p+1/t19-/m0/s1. The summed E-state index contributed by atoms with van der Waals surface area (Å²) in [5.41, 5.74) is 4.13. The van der Waals surface area contributed by atoms with Crippen LogP contribution >= 0.6 is 0 Å². The number of fused-ring (bicyclic) bond motifs is 3. The van der Waals surface area contributed by atoms with Gasteiger partial charge in [0.05, 0.1) is 24.1 Å². The number of aromatic nitrogens is 1. The molecule has 0 saturated carbocycles. The van der Waals surface area contributed by atoms with Crippen LogP contribution in [0.5, 0.6) is 5.75 Å². The Labute approximate surface area is 134 Å². The summed E-state index contributed by atoms with van der Waals surface area (Å²) >= 11 is 0. The van der Waals surface area contributed by atoms with Gasteiger partial charge in [0.1, 0.15) is 18.1 Å². The molecular weight excluding hydrogens is 291 g/mol. The van der Waals surface area contributed by atoms with Crippen LogP contribution in [0.25, 0.3) is 5.69 Å². The normalized spacial score (nSPS) is 16.3. The average molecular weight is 309 g/mol. The molecule has 0 radical (unpaired) electrons. The first-order chi connectivity index (χ1) is 11.3. The first kappa shape index (κ1) is 14.0. The summed E-state index contributed by atoms with van der Waals surface area (Å²) in [5, 5.41) is 2.18. The Morgan fingerprint density at radius 3 is 2.87 bits per heavy atom. The van der Waals surface area contributed by atoms with Gasteiger partial charge in [-0.15, -0.1) is 0 Å². The fourth-order valence-corrected chi connectivity index (χ4v) is 3.32. The van der Waals surface area contributed by atoms with Gasteiger partial charge in [0.25, 0.3) is 0 Å². The summed E-state index contributed by atoms with van der Waals surface area (Å²) in [6.45, 7) is 0.805. The Morgan fingerprint density at radius 2 is 2.00 bits per heavy atom. The molecule has 0 saturated heterocycles. The Morgan fingerprint density at radius 1 is 1.13 bits per heavy atom. The number of nitrogens with zero attached hydrogens (tertiary/aromatic N) is 1. The molecule has 0 unspecified atom stereocenters. The van der Waals surface area contributed by atoms with Crippen molar-refractivity contribution in [2.24, 2.45) is 0 Å². The van der Waals surface area contributed by atoms with E-state index in [2.05, 4.69) is 28.1 Å². The highest BCUT2D eigenvalue weighted by atomic mass is 19.1. The van der Waals surface area contributed by atoms with Crippen molar-refractivity contribution in [1.82, 2.24) is 4.57 Å². The van der Waals surface area contributed by atoms with Crippen molar-refractivity contribution in [2.45, 2.75) is 12.6 Å². The third kappa shape index (κ3) is 2.32. The third-order valence-electron chi connectivity index (χ3n) is 4.46. The smallest absolute Gasteiger partial charge is 0.156 e. The van der Waals surface area contributed by atoms with Crippen molar-refractivity contribution in [1.29, 1.82) is 0 Å². The molecule has 4 rings (SSSR count). The van der Waals surface area contributed by atoms with Gasteiger partial charge in [0.15, 0.2) is 6.04 Å². The summed E-state index contributed by atoms with van der Waals surface area (Å²) in [4.78, 5) is 0. The number of nitrogens with two attached hydrogens (primary N) is 1. The molecule has 2 N–H and O–H groups in total. The molecule has 1 aromatic heterocycles. The van der Waals surface area contributed by atoms with Crippen LogP contribution in [0.15, 0.2) is 60.8 Å². The highest BCUT2D eigenvalue weighted by Gasteiger charge is 2.28. The van der Waals surface area contributed by atoms with Crippen molar-refractivity contribution in [3.05, 3.63) is 83.4 Å². The van der Waals surface area contributed by atoms with Gasteiger partial charge < -0.3 is 14.6 Å². The number of benzene rings is 2. The van der Waals surface area contributed by atoms with Crippen LogP contribution in [0.1, 0.15) is 22.9 Å². The predicted octanol–water partition coefficient (Wildman–Crippen LogP) is 2.79. The van der Waals surface area contributed by atoms with E-state index in [0.29, 0.717) is 11.3 Å². The van der Waals surface area contributed by atoms with E-state index < -0.39 is 0 Å². The van der Waals surface area contributed by atoms with E-state index in [1.807, 2.05) is 24.4 Å². The van der Waals surface area contributed by atoms with Gasteiger partial charge in [0, 0.05) is 11.8 Å². The molecule has 3 aromatic rings. The lowest BCUT2D eigenvalue weighted by Gasteiger charge is -2.16. The molecule has 0 spiro atoms. The van der Waals surface area contributed by atoms with Gasteiger partial charge >= 0.3 is 0 Å². The molecular formula is C19H18FN2O+. The topological polar surface area (TPSA) is 30.8 Å². The number of halogens is 1. The van der Waals surface area contributed by atoms with Crippen LogP contribution in [0.4, 0.5) is 4.39 Å². The molecule has 4 heteroatoms. The van der Waals surface area contributed by atoms with Crippen LogP contribution in [0.3, 0.4) is 0 Å². The molecule has 2 heterocycles. The average Bonchev–Trinajstić information content (AvgIpc) is 3.00. The molecule has 1 aliphatic heterocycles. The van der Waals surface area contributed by atoms with E-state index in [0.717, 1.165) is 17.9 Å². The first-order valence-electron chi connectivity index (χ1n) is 7.70. The van der Waals surface area contributed by atoms with Gasteiger partial charge in [-0.25, -0.2) is 4.39 Å². The van der Waals surface area contributed by atoms with Crippen LogP contribution in [0.2, 0.25) is 0 Å². The summed E-state index contributed by atoms with van der Waals surface area (Å²) in [7, 11) is 1.60. The Balaban J connectivity index is 1.87. The van der Waals surface area contributed by atoms with Crippen molar-refractivity contribution < 1.29 is 14.4 Å². The fraction of sp³-hybridized carbons (Fsp3) is 0.158. The molecule has 0 amide bonds. The number of hydrogen-bond donors (Lipinski definition) is 1. The minimum atomic E-state index is -0.203. The first-order valence-corrected chi connectivity index (χ1v) is 7.70. The Hall–Kier alpha value is -2.59. The molecule has 0 bridgehead atoms. The minimum Gasteiger partial charge on any atom is -0.497 e. The van der Waals surface area contributed by atoms with Gasteiger partial charge in [0.2, 0.25) is 0 Å². The maximum Gasteiger partial charge on any atom is 0.156 e. The Kier molecular flexibility index (Phi) is 3.39. The van der Waals surface area contributed by atoms with Crippen LogP contribution < -0.4 is 10.1 Å². The maximum atomic E-state index is 14.5. The quantitative estimate of drug-likeness (QED) is 0.775. The number of hydrogen-bond acceptors (Lipinski definition) is 1. The van der Waals surface area contributed by atoms with E-state index in [4.69, 9.17) is 4.74 Å². The van der Waals surface area contributed by atoms with Crippen LogP contribution in [-0.4, -0.2) is 11.7 Å². The molecule has 0 aliphatic carbocycles. The summed E-state index contributed by atoms with van der Waals surface area (Å²) < 4.78 is 21.9. The molecule has 1 aliphatic rings. The lowest BCUT2D eigenvalue weighted by molar-refractivity contribution is -0.702. The number of quaternary nitrogens is 1. The lowest BCUT2D eigenvalue weighted by atomic mass is 10.0. The highest BCUT2D eigenvalue weighted by Crippen LogP contribution is 2.29. The van der Waals surface area contributed by atoms with E-state index in [9.17, 15) is 4.39 Å². The van der Waals surface area contributed by atoms with Crippen LogP contribution in [0, 0.1) is 5.82 Å². The molecule has 1 atom stereocenters. The van der Waals surface area contributed by atoms with Crippen molar-refractivity contribution in [3.63, 3.8) is 0 Å². The van der Waals surface area contributed by atoms with Gasteiger partial charge in [-0.1, -0.05) is 18.2 Å². The summed E-state index contributed by atoms with van der Waals surface area (Å²) in [6.07, 6.45) is 2.04. The summed E-state index contributed by atoms with van der Waals surface area (Å²) in [5.74, 6) is 0.473. The fourth-order valence-electron chi connectivity index (χ4n) is 3.32. The van der Waals surface area contributed by atoms with E-state index in [-0.39, 0.29) is 11.9 Å². The van der Waals surface area contributed by atoms with Gasteiger partial charge in [-0.3, -0.25) is 0 Å². The summed E-state index contributed by atoms with van der Waals surface area (Å²) in [6, 6.07) is 17.2. The maximum absolute atomic E-state index is 14.5. The lowest BCUT2D eigenvalue weighted by Crippen LogP contribution is -2.83. The molecule has 23 heavy (non-hydrogen) atoms. The monoisotopic (exact) mass is 309 g/mol. The zero-order chi connectivity index (χ0) is 15.8. The van der Waals surface area contributed by atoms with Crippen LogP contribution in [-0.2, 0) is 6.54 Å². The number of rotatable bonds is 2. The molecule has 0 fully saturated rings. The zero-order valence-electron chi connectivity index (χ0n) is 12.9. The van der Waals surface area contributed by atoms with Crippen molar-refractivity contribution >= 4 is 0 Å². The molecule has 2 aromatic carbocycles. The zero-order valence-corrected chi connectivity index (χ0v) is 12.9. The van der Waals surface area contributed by atoms with Crippen molar-refractivity contribution in [3.8, 4) is 11.4 Å². The second-order valence-electron chi connectivity index (χ2n) is 5.74. The largest absolute Gasteiger partial charge is 0.497 e. The van der Waals surface area contributed by atoms with Crippen molar-refractivity contribution in [2.75, 3.05) is 7.11 Å². The Bertz CT molecular complexity index is 856.